The predicted molar refractivity (Wildman–Crippen MR) is 60.4 cm³/mol. The van der Waals surface area contributed by atoms with E-state index in [1.54, 1.807) is 0 Å². The van der Waals surface area contributed by atoms with Gasteiger partial charge >= 0.3 is 0 Å². The molecule has 0 aromatic carbocycles. The number of likely N-dealkylation sites (tertiary alicyclic amines) is 2. The van der Waals surface area contributed by atoms with Crippen LogP contribution in [0.1, 0.15) is 34.6 Å². The molecule has 2 heteroatoms. The van der Waals surface area contributed by atoms with Gasteiger partial charge in [-0.2, -0.15) is 0 Å². The van der Waals surface area contributed by atoms with Gasteiger partial charge in [0.25, 0.3) is 0 Å². The van der Waals surface area contributed by atoms with E-state index in [1.165, 1.54) is 19.6 Å². The Morgan fingerprint density at radius 1 is 1.07 bits per heavy atom. The molecule has 0 aromatic rings. The lowest BCUT2D eigenvalue weighted by atomic mass is 9.90. The van der Waals surface area contributed by atoms with Crippen molar-refractivity contribution in [2.24, 2.45) is 5.92 Å². The van der Waals surface area contributed by atoms with Gasteiger partial charge in [0.05, 0.1) is 0 Å². The van der Waals surface area contributed by atoms with Crippen molar-refractivity contribution in [2.75, 3.05) is 19.6 Å². The standard InChI is InChI=1S/C12H24N2/c1-9(2)14-7-10-6-13(8-11(10)14)12(3,4)5/h9-11H,6-8H2,1-5H3. The van der Waals surface area contributed by atoms with Crippen LogP contribution >= 0.6 is 0 Å². The van der Waals surface area contributed by atoms with Gasteiger partial charge in [0.2, 0.25) is 0 Å². The van der Waals surface area contributed by atoms with Crippen LogP contribution in [0, 0.1) is 5.92 Å². The zero-order valence-corrected chi connectivity index (χ0v) is 10.2. The minimum absolute atomic E-state index is 0.361. The highest BCUT2D eigenvalue weighted by Crippen LogP contribution is 2.36. The highest BCUT2D eigenvalue weighted by Gasteiger charge is 2.48. The molecule has 14 heavy (non-hydrogen) atoms. The van der Waals surface area contributed by atoms with Crippen molar-refractivity contribution >= 4 is 0 Å². The molecule has 2 heterocycles. The number of hydrogen-bond acceptors (Lipinski definition) is 2. The first-order valence-electron chi connectivity index (χ1n) is 5.90. The second-order valence-corrected chi connectivity index (χ2v) is 6.19. The quantitative estimate of drug-likeness (QED) is 0.631. The molecule has 2 unspecified atom stereocenters. The lowest BCUT2D eigenvalue weighted by Crippen LogP contribution is -2.58. The normalized spacial score (nSPS) is 34.7. The van der Waals surface area contributed by atoms with E-state index in [9.17, 15) is 0 Å². The molecule has 0 bridgehead atoms. The molecule has 2 aliphatic rings. The molecule has 2 nitrogen and oxygen atoms in total. The van der Waals surface area contributed by atoms with Gasteiger partial charge in [-0.25, -0.2) is 0 Å². The van der Waals surface area contributed by atoms with Gasteiger partial charge < -0.3 is 0 Å². The second-order valence-electron chi connectivity index (χ2n) is 6.19. The fourth-order valence-electron chi connectivity index (χ4n) is 2.82. The monoisotopic (exact) mass is 196 g/mol. The first-order chi connectivity index (χ1) is 6.39. The molecule has 2 atom stereocenters. The summed E-state index contributed by atoms with van der Waals surface area (Å²) in [4.78, 5) is 5.29. The maximum Gasteiger partial charge on any atom is 0.0278 e. The van der Waals surface area contributed by atoms with E-state index in [0.29, 0.717) is 5.54 Å². The Bertz CT molecular complexity index is 217. The Hall–Kier alpha value is -0.0800. The fourth-order valence-corrected chi connectivity index (χ4v) is 2.82. The minimum atomic E-state index is 0.361. The van der Waals surface area contributed by atoms with Crippen LogP contribution in [-0.4, -0.2) is 47.1 Å². The third-order valence-electron chi connectivity index (χ3n) is 3.89. The minimum Gasteiger partial charge on any atom is -0.297 e. The van der Waals surface area contributed by atoms with Gasteiger partial charge in [-0.05, 0) is 34.6 Å². The van der Waals surface area contributed by atoms with Crippen molar-refractivity contribution < 1.29 is 0 Å². The van der Waals surface area contributed by atoms with Crippen molar-refractivity contribution in [1.29, 1.82) is 0 Å². The Morgan fingerprint density at radius 3 is 2.21 bits per heavy atom. The van der Waals surface area contributed by atoms with E-state index in [2.05, 4.69) is 44.4 Å². The number of rotatable bonds is 1. The molecule has 0 amide bonds. The van der Waals surface area contributed by atoms with Gasteiger partial charge in [-0.3, -0.25) is 9.80 Å². The molecular formula is C12H24N2. The maximum absolute atomic E-state index is 2.65. The molecule has 0 spiro atoms. The van der Waals surface area contributed by atoms with Crippen LogP contribution in [0.25, 0.3) is 0 Å². The number of fused-ring (bicyclic) bond motifs is 1. The lowest BCUT2D eigenvalue weighted by Gasteiger charge is -2.46. The molecule has 0 radical (unpaired) electrons. The Labute approximate surface area is 88.3 Å². The van der Waals surface area contributed by atoms with Gasteiger partial charge in [-0.1, -0.05) is 0 Å². The van der Waals surface area contributed by atoms with E-state index in [1.807, 2.05) is 0 Å². The summed E-state index contributed by atoms with van der Waals surface area (Å²) in [5, 5.41) is 0. The summed E-state index contributed by atoms with van der Waals surface area (Å²) in [7, 11) is 0. The average Bonchev–Trinajstić information content (AvgIpc) is 2.26. The molecular weight excluding hydrogens is 172 g/mol. The van der Waals surface area contributed by atoms with Gasteiger partial charge in [-0.15, -0.1) is 0 Å². The lowest BCUT2D eigenvalue weighted by molar-refractivity contribution is 0.0213. The molecule has 2 rings (SSSR count). The van der Waals surface area contributed by atoms with Crippen LogP contribution in [0.5, 0.6) is 0 Å². The van der Waals surface area contributed by atoms with Crippen molar-refractivity contribution in [3.05, 3.63) is 0 Å². The van der Waals surface area contributed by atoms with E-state index < -0.39 is 0 Å². The first kappa shape index (κ1) is 10.4. The molecule has 2 aliphatic heterocycles. The topological polar surface area (TPSA) is 6.48 Å². The zero-order valence-electron chi connectivity index (χ0n) is 10.2. The third-order valence-corrected chi connectivity index (χ3v) is 3.89. The first-order valence-corrected chi connectivity index (χ1v) is 5.90. The zero-order chi connectivity index (χ0) is 10.5. The van der Waals surface area contributed by atoms with Crippen molar-refractivity contribution in [3.8, 4) is 0 Å². The summed E-state index contributed by atoms with van der Waals surface area (Å²) >= 11 is 0. The van der Waals surface area contributed by atoms with E-state index in [0.717, 1.165) is 18.0 Å². The summed E-state index contributed by atoms with van der Waals surface area (Å²) in [6.45, 7) is 15.6. The fraction of sp³-hybridized carbons (Fsp3) is 1.00. The molecule has 2 saturated heterocycles. The number of hydrogen-bond donors (Lipinski definition) is 0. The Kier molecular flexibility index (Phi) is 2.39. The molecule has 0 aliphatic carbocycles. The van der Waals surface area contributed by atoms with Crippen LogP contribution in [0.15, 0.2) is 0 Å². The largest absolute Gasteiger partial charge is 0.297 e. The molecule has 0 aromatic heterocycles. The maximum atomic E-state index is 2.65. The van der Waals surface area contributed by atoms with Crippen molar-refractivity contribution in [3.63, 3.8) is 0 Å². The predicted octanol–water partition coefficient (Wildman–Crippen LogP) is 1.81. The van der Waals surface area contributed by atoms with Gasteiger partial charge in [0, 0.05) is 43.2 Å². The average molecular weight is 196 g/mol. The van der Waals surface area contributed by atoms with Gasteiger partial charge in [0.15, 0.2) is 0 Å². The highest BCUT2D eigenvalue weighted by atomic mass is 15.4. The summed E-state index contributed by atoms with van der Waals surface area (Å²) in [5.74, 6) is 0.955. The van der Waals surface area contributed by atoms with Crippen molar-refractivity contribution in [1.82, 2.24) is 9.80 Å². The summed E-state index contributed by atoms with van der Waals surface area (Å²) in [6.07, 6.45) is 0. The molecule has 0 N–H and O–H groups in total. The Balaban J connectivity index is 1.96. The van der Waals surface area contributed by atoms with Crippen LogP contribution in [0.3, 0.4) is 0 Å². The Morgan fingerprint density at radius 2 is 1.71 bits per heavy atom. The van der Waals surface area contributed by atoms with Crippen LogP contribution in [0.2, 0.25) is 0 Å². The molecule has 0 saturated carbocycles. The van der Waals surface area contributed by atoms with Gasteiger partial charge in [0.1, 0.15) is 0 Å². The van der Waals surface area contributed by atoms with E-state index >= 15 is 0 Å². The SMILES string of the molecule is CC(C)N1CC2CN(C(C)(C)C)CC21. The van der Waals surface area contributed by atoms with Crippen LogP contribution < -0.4 is 0 Å². The summed E-state index contributed by atoms with van der Waals surface area (Å²) in [5.41, 5.74) is 0.361. The van der Waals surface area contributed by atoms with Crippen molar-refractivity contribution in [2.45, 2.75) is 52.2 Å². The summed E-state index contributed by atoms with van der Waals surface area (Å²) < 4.78 is 0. The molecule has 82 valence electrons. The summed E-state index contributed by atoms with van der Waals surface area (Å²) in [6, 6.07) is 1.59. The van der Waals surface area contributed by atoms with Crippen LogP contribution in [0.4, 0.5) is 0 Å². The van der Waals surface area contributed by atoms with E-state index in [-0.39, 0.29) is 0 Å². The molecule has 2 fully saturated rings. The van der Waals surface area contributed by atoms with Crippen LogP contribution in [-0.2, 0) is 0 Å². The highest BCUT2D eigenvalue weighted by molar-refractivity contribution is 5.03. The number of nitrogens with zero attached hydrogens (tertiary/aromatic N) is 2. The second kappa shape index (κ2) is 3.21. The smallest absolute Gasteiger partial charge is 0.0278 e. The third kappa shape index (κ3) is 1.59. The van der Waals surface area contributed by atoms with E-state index in [4.69, 9.17) is 0 Å².